The average molecular weight is 352 g/mol. The highest BCUT2D eigenvalue weighted by atomic mass is 35.5. The minimum Gasteiger partial charge on any atom is -1.00 e. The molecule has 0 bridgehead atoms. The van der Waals surface area contributed by atoms with Crippen molar-refractivity contribution in [2.45, 2.75) is 31.9 Å². The Bertz CT molecular complexity index is 898. The van der Waals surface area contributed by atoms with E-state index in [0.29, 0.717) is 0 Å². The van der Waals surface area contributed by atoms with Crippen molar-refractivity contribution in [2.75, 3.05) is 0 Å². The van der Waals surface area contributed by atoms with E-state index in [9.17, 15) is 5.11 Å². The van der Waals surface area contributed by atoms with E-state index in [1.165, 1.54) is 6.08 Å². The molecule has 0 aliphatic rings. The molecule has 0 saturated carbocycles. The topological polar surface area (TPSA) is 47.9 Å². The zero-order chi connectivity index (χ0) is 16.5. The van der Waals surface area contributed by atoms with Crippen LogP contribution in [0.15, 0.2) is 87.2 Å². The van der Waals surface area contributed by atoms with Crippen LogP contribution in [0.3, 0.4) is 0 Å². The maximum Gasteiger partial charge on any atom is 0.132 e. The number of hydrogen-bond acceptors (Lipinski definition) is 1. The van der Waals surface area contributed by atoms with Gasteiger partial charge in [-0.1, -0.05) is 24.8 Å². The summed E-state index contributed by atoms with van der Waals surface area (Å²) >= 11 is 0. The third-order valence-electron chi connectivity index (χ3n) is 2.18. The summed E-state index contributed by atoms with van der Waals surface area (Å²) in [5, 5.41) is 9.68. The van der Waals surface area contributed by atoms with E-state index in [4.69, 9.17) is 0 Å². The average Bonchev–Trinajstić information content (AvgIpc) is 2.51. The second-order valence-corrected chi connectivity index (χ2v) is 3.90. The largest absolute Gasteiger partial charge is 1.00 e. The summed E-state index contributed by atoms with van der Waals surface area (Å²) in [4.78, 5) is 0. The van der Waals surface area contributed by atoms with Crippen molar-refractivity contribution in [1.29, 1.82) is 0 Å². The molecule has 0 radical (unpaired) electrons. The van der Waals surface area contributed by atoms with Gasteiger partial charge in [0.15, 0.2) is 0 Å². The van der Waals surface area contributed by atoms with E-state index >= 15 is 0 Å². The molecule has 2 atom stereocenters. The lowest BCUT2D eigenvalue weighted by atomic mass is 10.1. The van der Waals surface area contributed by atoms with Crippen LogP contribution in [0.25, 0.3) is 0 Å². The first-order chi connectivity index (χ1) is 10.7. The molecule has 2 nitrogen and oxygen atoms in total. The molecule has 0 heterocycles. The molecular formula is C20H46ClNO. The van der Waals surface area contributed by atoms with Crippen molar-refractivity contribution in [3.63, 3.8) is 0 Å². The molecule has 144 valence electrons. The van der Waals surface area contributed by atoms with Gasteiger partial charge in [0, 0.05) is 33.9 Å². The summed E-state index contributed by atoms with van der Waals surface area (Å²) in [6, 6.07) is -0.0440. The molecule has 0 unspecified atom stereocenters. The number of rotatable bonds is 4. The first-order valence-electron chi connectivity index (χ1n) is 6.59. The smallest absolute Gasteiger partial charge is 0.132 e. The summed E-state index contributed by atoms with van der Waals surface area (Å²) in [5.74, 6) is 0. The minimum atomic E-state index is -0.633. The van der Waals surface area contributed by atoms with Crippen LogP contribution >= 0.6 is 0 Å². The predicted octanol–water partition coefficient (Wildman–Crippen LogP) is 2.65. The van der Waals surface area contributed by atoms with Crippen LogP contribution in [0.5, 0.6) is 0 Å². The molecular weight excluding hydrogens is 306 g/mol. The van der Waals surface area contributed by atoms with Crippen LogP contribution in [-0.2, 0) is 0 Å². The van der Waals surface area contributed by atoms with Gasteiger partial charge in [0.25, 0.3) is 0 Å². The molecule has 0 aromatic rings. The summed E-state index contributed by atoms with van der Waals surface area (Å²) in [6.45, 7) is 5.35. The zero-order valence-electron chi connectivity index (χ0n) is 12.9. The molecule has 0 fully saturated rings. The van der Waals surface area contributed by atoms with E-state index in [0.717, 1.165) is 12.8 Å². The lowest BCUT2D eigenvalue weighted by Crippen LogP contribution is -3.00. The molecule has 0 aromatic carbocycles. The SMILES string of the molecule is C=C=C=C=C=C=C=C=C=C=C=C=C=C=C[C@H](O)[C@@H]([NH3+])CCC.[Cl-].[HH].[HH].[HH].[HH].[HH].[HH].[HH].[HH].[HH].[HH].[HH].[HH].[HH].[HH].[HH]. The number of hydrogen-bond donors (Lipinski definition) is 2. The number of halogens is 1. The van der Waals surface area contributed by atoms with Gasteiger partial charge >= 0.3 is 0 Å². The molecule has 0 aromatic heterocycles. The van der Waals surface area contributed by atoms with Gasteiger partial charge in [0.05, 0.1) is 0 Å². The fraction of sp³-hybridized carbons (Fsp3) is 0.250. The van der Waals surface area contributed by atoms with E-state index in [1.807, 2.05) is 6.92 Å². The number of aliphatic hydroxyl groups is 1. The van der Waals surface area contributed by atoms with Crippen LogP contribution < -0.4 is 18.1 Å². The number of quaternary nitrogens is 1. The summed E-state index contributed by atoms with van der Waals surface area (Å²) < 4.78 is 0. The second kappa shape index (κ2) is 17.1. The predicted molar refractivity (Wildman–Crippen MR) is 115 cm³/mol. The van der Waals surface area contributed by atoms with E-state index in [-0.39, 0.29) is 39.8 Å². The van der Waals surface area contributed by atoms with E-state index in [1.54, 1.807) is 0 Å². The Hall–Kier alpha value is -2.91. The highest BCUT2D eigenvalue weighted by molar-refractivity contribution is 4.94. The highest BCUT2D eigenvalue weighted by Gasteiger charge is 2.13. The maximum atomic E-state index is 9.68. The van der Waals surface area contributed by atoms with E-state index in [2.05, 4.69) is 86.8 Å². The van der Waals surface area contributed by atoms with Gasteiger partial charge in [0.2, 0.25) is 0 Å². The van der Waals surface area contributed by atoms with Gasteiger partial charge in [-0.15, -0.1) is 0 Å². The summed E-state index contributed by atoms with van der Waals surface area (Å²) in [6.07, 6.45) is 2.70. The Balaban J connectivity index is -0.0000000184. The minimum absolute atomic E-state index is 0. The van der Waals surface area contributed by atoms with Crippen molar-refractivity contribution < 1.29 is 44.6 Å². The van der Waals surface area contributed by atoms with Crippen molar-refractivity contribution in [3.05, 3.63) is 87.2 Å². The van der Waals surface area contributed by atoms with Crippen LogP contribution in [-0.4, -0.2) is 17.3 Å². The van der Waals surface area contributed by atoms with Crippen LogP contribution in [0.1, 0.15) is 41.2 Å². The molecule has 0 saturated heterocycles. The molecule has 3 heteroatoms. The third kappa shape index (κ3) is 15.3. The molecule has 0 amide bonds. The lowest BCUT2D eigenvalue weighted by molar-refractivity contribution is -0.434. The van der Waals surface area contributed by atoms with Crippen molar-refractivity contribution in [3.8, 4) is 0 Å². The highest BCUT2D eigenvalue weighted by Crippen LogP contribution is 1.97. The normalized spacial score (nSPS) is 8.83. The molecule has 0 spiro atoms. The summed E-state index contributed by atoms with van der Waals surface area (Å²) in [7, 11) is 0. The quantitative estimate of drug-likeness (QED) is 0.751. The zero-order valence-corrected chi connectivity index (χ0v) is 13.6. The molecule has 0 aliphatic carbocycles. The second-order valence-electron chi connectivity index (χ2n) is 3.90. The Morgan fingerprint density at radius 1 is 0.957 bits per heavy atom. The fourth-order valence-electron chi connectivity index (χ4n) is 1.17. The maximum absolute atomic E-state index is 9.68. The Kier molecular flexibility index (Phi) is 16.7. The van der Waals surface area contributed by atoms with Crippen molar-refractivity contribution in [1.82, 2.24) is 0 Å². The fourth-order valence-corrected chi connectivity index (χ4v) is 1.17. The monoisotopic (exact) mass is 351 g/mol. The molecule has 4 N–H and O–H groups in total. The first kappa shape index (κ1) is 22.4. The van der Waals surface area contributed by atoms with Crippen LogP contribution in [0.2, 0.25) is 0 Å². The Morgan fingerprint density at radius 3 is 1.83 bits per heavy atom. The van der Waals surface area contributed by atoms with Gasteiger partial charge in [-0.25, -0.2) is 0 Å². The van der Waals surface area contributed by atoms with Crippen molar-refractivity contribution in [2.24, 2.45) is 0 Å². The van der Waals surface area contributed by atoms with Crippen LogP contribution in [0.4, 0.5) is 0 Å². The van der Waals surface area contributed by atoms with Gasteiger partial charge in [0.1, 0.15) is 12.1 Å². The van der Waals surface area contributed by atoms with Gasteiger partial charge < -0.3 is 23.2 Å². The van der Waals surface area contributed by atoms with Gasteiger partial charge in [-0.05, 0) is 69.6 Å². The first-order valence-corrected chi connectivity index (χ1v) is 6.59. The van der Waals surface area contributed by atoms with Crippen LogP contribution in [0, 0.1) is 0 Å². The van der Waals surface area contributed by atoms with E-state index < -0.39 is 6.10 Å². The van der Waals surface area contributed by atoms with Gasteiger partial charge in [-0.2, -0.15) is 0 Å². The third-order valence-corrected chi connectivity index (χ3v) is 2.18. The van der Waals surface area contributed by atoms with Crippen molar-refractivity contribution >= 4 is 0 Å². The Labute approximate surface area is 165 Å². The molecule has 0 rings (SSSR count). The lowest BCUT2D eigenvalue weighted by Gasteiger charge is -2.09. The Morgan fingerprint density at radius 2 is 1.39 bits per heavy atom. The number of aliphatic hydroxyl groups excluding tert-OH is 1. The standard InChI is InChI=1S/C20H15NO.ClH.15H2/c1-3-5-6-7-8-9-10-11-12-13-14-15-16-18-20(22)19(21)17-4-2;;;;;;;;;;;;;;;;/h18-20,22H,1,4,17,21H2,2H3;16*1H/t19-,20-;;;;;;;;;;;;;;;;/m0................/s1. The molecule has 23 heavy (non-hydrogen) atoms. The molecule has 0 aliphatic heterocycles. The van der Waals surface area contributed by atoms with Gasteiger partial charge in [-0.3, -0.25) is 0 Å². The summed E-state index contributed by atoms with van der Waals surface area (Å²) in [5.41, 5.74) is 36.5.